The fourth-order valence-electron chi connectivity index (χ4n) is 3.60. The number of benzene rings is 1. The second kappa shape index (κ2) is 7.67. The summed E-state index contributed by atoms with van der Waals surface area (Å²) >= 11 is 0. The van der Waals surface area contributed by atoms with Crippen molar-refractivity contribution in [2.24, 2.45) is 0 Å². The summed E-state index contributed by atoms with van der Waals surface area (Å²) in [6.07, 6.45) is -2.32. The van der Waals surface area contributed by atoms with Crippen LogP contribution in [0.1, 0.15) is 19.4 Å². The number of hydrogen-bond acceptors (Lipinski definition) is 7. The Labute approximate surface area is 148 Å². The summed E-state index contributed by atoms with van der Waals surface area (Å²) in [4.78, 5) is 5.80. The maximum Gasteiger partial charge on any atom is 0.163 e. The zero-order valence-electron chi connectivity index (χ0n) is 14.9. The van der Waals surface area contributed by atoms with Crippen LogP contribution in [0.3, 0.4) is 0 Å². The van der Waals surface area contributed by atoms with Crippen molar-refractivity contribution in [1.29, 1.82) is 0 Å². The maximum absolute atomic E-state index is 10.3. The topological polar surface area (TPSA) is 80.6 Å². The molecule has 7 nitrogen and oxygen atoms in total. The van der Waals surface area contributed by atoms with Gasteiger partial charge in [0.15, 0.2) is 5.79 Å². The molecule has 1 aromatic carbocycles. The van der Waals surface area contributed by atoms with Gasteiger partial charge in [-0.05, 0) is 19.4 Å². The fraction of sp³-hybridized carbons (Fsp3) is 0.667. The minimum absolute atomic E-state index is 0.141. The number of nitrogens with zero attached hydrogens (tertiary/aromatic N) is 1. The van der Waals surface area contributed by atoms with E-state index in [0.717, 1.165) is 5.56 Å². The summed E-state index contributed by atoms with van der Waals surface area (Å²) in [5.74, 6) is -0.822. The maximum atomic E-state index is 10.3. The van der Waals surface area contributed by atoms with Crippen LogP contribution in [0.25, 0.3) is 0 Å². The lowest BCUT2D eigenvalue weighted by Crippen LogP contribution is -2.62. The predicted molar refractivity (Wildman–Crippen MR) is 89.4 cm³/mol. The van der Waals surface area contributed by atoms with E-state index in [-0.39, 0.29) is 13.2 Å². The highest BCUT2D eigenvalue weighted by Gasteiger charge is 2.52. The minimum Gasteiger partial charge on any atom is -0.394 e. The summed E-state index contributed by atoms with van der Waals surface area (Å²) in [5.41, 5.74) is 1.07. The van der Waals surface area contributed by atoms with Gasteiger partial charge >= 0.3 is 0 Å². The molecule has 2 aliphatic heterocycles. The van der Waals surface area contributed by atoms with Gasteiger partial charge in [0.2, 0.25) is 0 Å². The van der Waals surface area contributed by atoms with E-state index < -0.39 is 36.2 Å². The van der Waals surface area contributed by atoms with Gasteiger partial charge in [-0.3, -0.25) is 4.84 Å². The molecule has 3 rings (SSSR count). The van der Waals surface area contributed by atoms with Gasteiger partial charge in [-0.2, -0.15) is 5.06 Å². The van der Waals surface area contributed by atoms with Crippen molar-refractivity contribution in [3.05, 3.63) is 35.9 Å². The molecule has 1 aromatic rings. The third-order valence-electron chi connectivity index (χ3n) is 4.65. The Bertz CT molecular complexity index is 554. The second-order valence-electron chi connectivity index (χ2n) is 6.94. The third-order valence-corrected chi connectivity index (χ3v) is 4.65. The number of aliphatic hydroxyl groups excluding tert-OH is 2. The van der Waals surface area contributed by atoms with Crippen molar-refractivity contribution in [2.75, 3.05) is 20.3 Å². The average molecular weight is 353 g/mol. The van der Waals surface area contributed by atoms with Gasteiger partial charge < -0.3 is 24.4 Å². The first-order valence-electron chi connectivity index (χ1n) is 8.56. The van der Waals surface area contributed by atoms with E-state index in [0.29, 0.717) is 6.54 Å². The van der Waals surface area contributed by atoms with Crippen LogP contribution in [0, 0.1) is 0 Å². The average Bonchev–Trinajstić information content (AvgIpc) is 2.91. The molecular weight excluding hydrogens is 326 g/mol. The first-order valence-corrected chi connectivity index (χ1v) is 8.56. The highest BCUT2D eigenvalue weighted by atomic mass is 16.8. The molecule has 2 saturated heterocycles. The van der Waals surface area contributed by atoms with Gasteiger partial charge in [-0.25, -0.2) is 0 Å². The van der Waals surface area contributed by atoms with Crippen LogP contribution in [0.15, 0.2) is 30.3 Å². The summed E-state index contributed by atoms with van der Waals surface area (Å²) in [5, 5.41) is 21.8. The van der Waals surface area contributed by atoms with Crippen LogP contribution in [-0.2, 0) is 25.6 Å². The summed E-state index contributed by atoms with van der Waals surface area (Å²) < 4.78 is 17.4. The van der Waals surface area contributed by atoms with E-state index in [9.17, 15) is 10.2 Å². The highest BCUT2D eigenvalue weighted by Crippen LogP contribution is 2.35. The van der Waals surface area contributed by atoms with Gasteiger partial charge in [-0.15, -0.1) is 0 Å². The molecule has 0 bridgehead atoms. The van der Waals surface area contributed by atoms with E-state index in [1.165, 1.54) is 0 Å². The quantitative estimate of drug-likeness (QED) is 0.806. The Morgan fingerprint density at radius 2 is 1.96 bits per heavy atom. The number of rotatable bonds is 5. The fourth-order valence-corrected chi connectivity index (χ4v) is 3.60. The molecule has 2 aliphatic rings. The number of hydroxylamine groups is 2. The van der Waals surface area contributed by atoms with E-state index in [2.05, 4.69) is 0 Å². The van der Waals surface area contributed by atoms with Crippen molar-refractivity contribution >= 4 is 0 Å². The second-order valence-corrected chi connectivity index (χ2v) is 6.94. The summed E-state index contributed by atoms with van der Waals surface area (Å²) in [7, 11) is 1.56. The molecule has 0 radical (unpaired) electrons. The largest absolute Gasteiger partial charge is 0.394 e. The summed E-state index contributed by atoms with van der Waals surface area (Å²) in [6.45, 7) is 4.08. The van der Waals surface area contributed by atoms with Crippen molar-refractivity contribution < 1.29 is 29.3 Å². The van der Waals surface area contributed by atoms with Gasteiger partial charge in [0, 0.05) is 13.7 Å². The Hall–Kier alpha value is -1.06. The Morgan fingerprint density at radius 3 is 2.60 bits per heavy atom. The monoisotopic (exact) mass is 353 g/mol. The highest BCUT2D eigenvalue weighted by molar-refractivity contribution is 5.15. The normalized spacial score (nSPS) is 35.8. The minimum atomic E-state index is -0.822. The van der Waals surface area contributed by atoms with Crippen LogP contribution >= 0.6 is 0 Å². The molecule has 2 fully saturated rings. The van der Waals surface area contributed by atoms with E-state index >= 15 is 0 Å². The molecule has 2 N–H and O–H groups in total. The zero-order valence-corrected chi connectivity index (χ0v) is 14.9. The summed E-state index contributed by atoms with van der Waals surface area (Å²) in [6, 6.07) is 9.47. The number of methoxy groups -OCH3 is 1. The van der Waals surface area contributed by atoms with Crippen LogP contribution in [0.4, 0.5) is 0 Å². The van der Waals surface area contributed by atoms with E-state index in [1.54, 1.807) is 26.0 Å². The van der Waals surface area contributed by atoms with E-state index in [1.807, 2.05) is 30.3 Å². The van der Waals surface area contributed by atoms with E-state index in [4.69, 9.17) is 19.0 Å². The number of ether oxygens (including phenoxy) is 3. The molecule has 0 unspecified atom stereocenters. The van der Waals surface area contributed by atoms with Crippen molar-refractivity contribution in [1.82, 2.24) is 5.06 Å². The molecule has 140 valence electrons. The van der Waals surface area contributed by atoms with Crippen LogP contribution in [0.2, 0.25) is 0 Å². The molecule has 7 heteroatoms. The van der Waals surface area contributed by atoms with Crippen molar-refractivity contribution in [3.63, 3.8) is 0 Å². The smallest absolute Gasteiger partial charge is 0.163 e. The van der Waals surface area contributed by atoms with Gasteiger partial charge in [0.25, 0.3) is 0 Å². The Balaban J connectivity index is 1.87. The van der Waals surface area contributed by atoms with Crippen molar-refractivity contribution in [3.8, 4) is 0 Å². The third kappa shape index (κ3) is 4.03. The molecule has 5 atom stereocenters. The Morgan fingerprint density at radius 1 is 1.24 bits per heavy atom. The molecule has 25 heavy (non-hydrogen) atoms. The van der Waals surface area contributed by atoms with Gasteiger partial charge in [0.05, 0.1) is 19.3 Å². The first kappa shape index (κ1) is 18.7. The first-order chi connectivity index (χ1) is 11.9. The molecule has 2 heterocycles. The molecule has 0 aromatic heterocycles. The lowest BCUT2D eigenvalue weighted by Gasteiger charge is -2.45. The standard InChI is InChI=1S/C18H27NO6/c1-18(2)24-14(10-20)17(25-18)15-16(22-3)13(21)11-23-19(15)9-12-7-5-4-6-8-12/h4-8,13-17,20-21H,9-11H2,1-3H3/t13-,14+,15-,16+,17+/m1/s1. The number of hydrogen-bond donors (Lipinski definition) is 2. The SMILES string of the molecule is CO[C@@H]1[C@H]([C@H]2OC(C)(C)O[C@H]2CO)N(Cc2ccccc2)OC[C@H]1O. The van der Waals surface area contributed by atoms with Gasteiger partial charge in [0.1, 0.15) is 24.4 Å². The Kier molecular flexibility index (Phi) is 5.75. The van der Waals surface area contributed by atoms with Crippen LogP contribution in [0.5, 0.6) is 0 Å². The lowest BCUT2D eigenvalue weighted by molar-refractivity contribution is -0.301. The molecular formula is C18H27NO6. The zero-order chi connectivity index (χ0) is 18.0. The van der Waals surface area contributed by atoms with Gasteiger partial charge in [-0.1, -0.05) is 30.3 Å². The number of aliphatic hydroxyl groups is 2. The molecule has 0 saturated carbocycles. The predicted octanol–water partition coefficient (Wildman–Crippen LogP) is 0.691. The molecule has 0 amide bonds. The van der Waals surface area contributed by atoms with Crippen molar-refractivity contribution in [2.45, 2.75) is 56.6 Å². The molecule has 0 aliphatic carbocycles. The molecule has 0 spiro atoms. The lowest BCUT2D eigenvalue weighted by atomic mass is 9.94. The van der Waals surface area contributed by atoms with Crippen LogP contribution < -0.4 is 0 Å². The van der Waals surface area contributed by atoms with Crippen LogP contribution in [-0.4, -0.2) is 71.8 Å².